The molecule has 1 aliphatic rings. The molecule has 0 bridgehead atoms. The number of nitrogens with zero attached hydrogens (tertiary/aromatic N) is 2. The van der Waals surface area contributed by atoms with E-state index < -0.39 is 23.7 Å². The molecule has 0 saturated carbocycles. The molecule has 1 fully saturated rings. The zero-order valence-corrected chi connectivity index (χ0v) is 11.1. The van der Waals surface area contributed by atoms with E-state index in [1.165, 1.54) is 17.0 Å². The fourth-order valence-corrected chi connectivity index (χ4v) is 2.05. The molecule has 1 saturated heterocycles. The van der Waals surface area contributed by atoms with Crippen molar-refractivity contribution in [2.75, 3.05) is 26.2 Å². The van der Waals surface area contributed by atoms with Gasteiger partial charge in [0.05, 0.1) is 12.8 Å². The Balaban J connectivity index is 2.16. The number of piperazine rings is 1. The quantitative estimate of drug-likeness (QED) is 0.801. The van der Waals surface area contributed by atoms with Gasteiger partial charge in [0.1, 0.15) is 17.6 Å². The minimum atomic E-state index is -0.678. The number of halogens is 1. The van der Waals surface area contributed by atoms with E-state index in [9.17, 15) is 14.0 Å². The molecular formula is C13H16FN3O3. The van der Waals surface area contributed by atoms with Crippen LogP contribution in [0.3, 0.4) is 0 Å². The molecule has 1 aliphatic heterocycles. The van der Waals surface area contributed by atoms with E-state index in [1.807, 2.05) is 0 Å². The Hall–Kier alpha value is -2.02. The van der Waals surface area contributed by atoms with Gasteiger partial charge in [-0.25, -0.2) is 14.2 Å². The van der Waals surface area contributed by atoms with E-state index in [2.05, 4.69) is 10.3 Å². The monoisotopic (exact) mass is 281 g/mol. The molecule has 1 N–H and O–H groups in total. The third-order valence-electron chi connectivity index (χ3n) is 3.01. The van der Waals surface area contributed by atoms with Crippen molar-refractivity contribution < 1.29 is 18.7 Å². The second-order valence-electron chi connectivity index (χ2n) is 4.33. The lowest BCUT2D eigenvalue weighted by Crippen LogP contribution is -2.57. The lowest BCUT2D eigenvalue weighted by molar-refractivity contribution is -0.149. The van der Waals surface area contributed by atoms with Crippen LogP contribution in [-0.4, -0.2) is 54.0 Å². The number of amides is 1. The van der Waals surface area contributed by atoms with E-state index in [0.717, 1.165) is 6.20 Å². The van der Waals surface area contributed by atoms with Crippen molar-refractivity contribution in [2.45, 2.75) is 13.0 Å². The summed E-state index contributed by atoms with van der Waals surface area (Å²) in [5.41, 5.74) is 0.114. The van der Waals surface area contributed by atoms with Crippen LogP contribution in [0.25, 0.3) is 0 Å². The summed E-state index contributed by atoms with van der Waals surface area (Å²) in [5, 5.41) is 3.04. The number of ether oxygens (including phenoxy) is 1. The molecule has 1 aromatic heterocycles. The van der Waals surface area contributed by atoms with Crippen molar-refractivity contribution in [1.82, 2.24) is 15.2 Å². The van der Waals surface area contributed by atoms with Crippen LogP contribution in [0.4, 0.5) is 4.39 Å². The van der Waals surface area contributed by atoms with E-state index in [0.29, 0.717) is 19.6 Å². The maximum absolute atomic E-state index is 12.8. The van der Waals surface area contributed by atoms with Crippen molar-refractivity contribution in [3.63, 3.8) is 0 Å². The largest absolute Gasteiger partial charge is 0.464 e. The first kappa shape index (κ1) is 14.4. The fourth-order valence-electron chi connectivity index (χ4n) is 2.05. The van der Waals surface area contributed by atoms with Gasteiger partial charge in [0.2, 0.25) is 0 Å². The van der Waals surface area contributed by atoms with Crippen molar-refractivity contribution in [1.29, 1.82) is 0 Å². The highest BCUT2D eigenvalue weighted by Gasteiger charge is 2.34. The second-order valence-corrected chi connectivity index (χ2v) is 4.33. The third-order valence-corrected chi connectivity index (χ3v) is 3.01. The maximum Gasteiger partial charge on any atom is 0.330 e. The lowest BCUT2D eigenvalue weighted by Gasteiger charge is -2.34. The highest BCUT2D eigenvalue weighted by atomic mass is 19.1. The number of carbonyl (C=O) groups is 2. The summed E-state index contributed by atoms with van der Waals surface area (Å²) in [5.74, 6) is -1.36. The van der Waals surface area contributed by atoms with E-state index in [-0.39, 0.29) is 12.3 Å². The lowest BCUT2D eigenvalue weighted by atomic mass is 10.1. The number of hydrogen-bond acceptors (Lipinski definition) is 5. The molecule has 6 nitrogen and oxygen atoms in total. The van der Waals surface area contributed by atoms with Crippen LogP contribution in [0.15, 0.2) is 18.3 Å². The van der Waals surface area contributed by atoms with Crippen LogP contribution < -0.4 is 5.32 Å². The van der Waals surface area contributed by atoms with Gasteiger partial charge in [0, 0.05) is 19.6 Å². The minimum absolute atomic E-state index is 0.114. The molecule has 0 aliphatic carbocycles. The third kappa shape index (κ3) is 3.11. The molecule has 0 radical (unpaired) electrons. The molecule has 7 heteroatoms. The average Bonchev–Trinajstić information content (AvgIpc) is 2.47. The summed E-state index contributed by atoms with van der Waals surface area (Å²) in [6, 6.07) is 1.80. The molecule has 1 aromatic rings. The zero-order valence-electron chi connectivity index (χ0n) is 11.1. The first-order valence-electron chi connectivity index (χ1n) is 6.43. The second kappa shape index (κ2) is 6.42. The number of esters is 1. The van der Waals surface area contributed by atoms with Crippen LogP contribution in [0, 0.1) is 5.82 Å². The predicted molar refractivity (Wildman–Crippen MR) is 68.5 cm³/mol. The standard InChI is InChI=1S/C13H16FN3O3/c1-2-20-13(19)11-8-15-5-6-17(11)12(18)10-4-3-9(14)7-16-10/h3-4,7,11,15H,2,5-6,8H2,1H3. The Morgan fingerprint density at radius 2 is 2.35 bits per heavy atom. The van der Waals surface area contributed by atoms with Gasteiger partial charge < -0.3 is 15.0 Å². The van der Waals surface area contributed by atoms with Crippen LogP contribution in [0.5, 0.6) is 0 Å². The molecular weight excluding hydrogens is 265 g/mol. The summed E-state index contributed by atoms with van der Waals surface area (Å²) in [6.07, 6.45) is 0.981. The Bertz CT molecular complexity index is 492. The molecule has 1 atom stereocenters. The summed E-state index contributed by atoms with van der Waals surface area (Å²) in [4.78, 5) is 29.4. The topological polar surface area (TPSA) is 71.5 Å². The van der Waals surface area contributed by atoms with Crippen molar-refractivity contribution in [2.24, 2.45) is 0 Å². The van der Waals surface area contributed by atoms with Gasteiger partial charge in [0.15, 0.2) is 0 Å². The normalized spacial score (nSPS) is 18.7. The van der Waals surface area contributed by atoms with Crippen LogP contribution in [-0.2, 0) is 9.53 Å². The van der Waals surface area contributed by atoms with Crippen LogP contribution in [0.1, 0.15) is 17.4 Å². The van der Waals surface area contributed by atoms with Crippen molar-refractivity contribution in [3.05, 3.63) is 29.8 Å². The van der Waals surface area contributed by atoms with Gasteiger partial charge in [0.25, 0.3) is 5.91 Å². The van der Waals surface area contributed by atoms with Gasteiger partial charge in [-0.3, -0.25) is 4.79 Å². The zero-order chi connectivity index (χ0) is 14.5. The first-order chi connectivity index (χ1) is 9.63. The highest BCUT2D eigenvalue weighted by Crippen LogP contribution is 2.11. The Morgan fingerprint density at radius 3 is 3.00 bits per heavy atom. The van der Waals surface area contributed by atoms with E-state index in [4.69, 9.17) is 4.74 Å². The van der Waals surface area contributed by atoms with Crippen LogP contribution in [0.2, 0.25) is 0 Å². The van der Waals surface area contributed by atoms with Crippen molar-refractivity contribution in [3.8, 4) is 0 Å². The molecule has 20 heavy (non-hydrogen) atoms. The maximum atomic E-state index is 12.8. The number of carbonyl (C=O) groups excluding carboxylic acids is 2. The average molecular weight is 281 g/mol. The predicted octanol–water partition coefficient (Wildman–Crippen LogP) is 0.198. The van der Waals surface area contributed by atoms with Gasteiger partial charge >= 0.3 is 5.97 Å². The molecule has 1 unspecified atom stereocenters. The smallest absolute Gasteiger partial charge is 0.330 e. The molecule has 0 aromatic carbocycles. The number of nitrogens with one attached hydrogen (secondary N) is 1. The highest BCUT2D eigenvalue weighted by molar-refractivity contribution is 5.95. The Kier molecular flexibility index (Phi) is 4.62. The van der Waals surface area contributed by atoms with E-state index >= 15 is 0 Å². The minimum Gasteiger partial charge on any atom is -0.464 e. The summed E-state index contributed by atoms with van der Waals surface area (Å²) >= 11 is 0. The number of aromatic nitrogens is 1. The van der Waals surface area contributed by atoms with E-state index in [1.54, 1.807) is 6.92 Å². The summed E-state index contributed by atoms with van der Waals surface area (Å²) in [7, 11) is 0. The van der Waals surface area contributed by atoms with Crippen molar-refractivity contribution >= 4 is 11.9 Å². The van der Waals surface area contributed by atoms with Crippen LogP contribution >= 0.6 is 0 Å². The first-order valence-corrected chi connectivity index (χ1v) is 6.43. The number of rotatable bonds is 3. The molecule has 108 valence electrons. The Labute approximate surface area is 115 Å². The molecule has 2 heterocycles. The van der Waals surface area contributed by atoms with Gasteiger partial charge in [-0.2, -0.15) is 0 Å². The molecule has 0 spiro atoms. The SMILES string of the molecule is CCOC(=O)C1CNCCN1C(=O)c1ccc(F)cn1. The summed E-state index contributed by atoms with van der Waals surface area (Å²) in [6.45, 7) is 3.27. The van der Waals surface area contributed by atoms with Gasteiger partial charge in [-0.15, -0.1) is 0 Å². The molecule has 1 amide bonds. The fraction of sp³-hybridized carbons (Fsp3) is 0.462. The Morgan fingerprint density at radius 1 is 1.55 bits per heavy atom. The van der Waals surface area contributed by atoms with Gasteiger partial charge in [-0.05, 0) is 19.1 Å². The summed E-state index contributed by atoms with van der Waals surface area (Å²) < 4.78 is 17.8. The number of hydrogen-bond donors (Lipinski definition) is 1. The molecule has 2 rings (SSSR count). The van der Waals surface area contributed by atoms with Gasteiger partial charge in [-0.1, -0.05) is 0 Å². The number of pyridine rings is 1.